The van der Waals surface area contributed by atoms with Crippen molar-refractivity contribution in [2.45, 2.75) is 32.3 Å². The molecule has 1 saturated heterocycles. The number of likely N-dealkylation sites (tertiary alicyclic amines) is 1. The first kappa shape index (κ1) is 7.90. The van der Waals surface area contributed by atoms with E-state index in [1.165, 1.54) is 0 Å². The standard InChI is InChI=1S/C9H15NO2/c1-7-5-8(6-7)12-9(11)10-3-2-4-10/h7-8H,2-6H2,1H3. The molecule has 3 nitrogen and oxygen atoms in total. The first-order valence-corrected chi connectivity index (χ1v) is 4.71. The number of ether oxygens (including phenoxy) is 1. The fourth-order valence-corrected chi connectivity index (χ4v) is 1.64. The Kier molecular flexibility index (Phi) is 1.95. The smallest absolute Gasteiger partial charge is 0.410 e. The third-order valence-electron chi connectivity index (χ3n) is 2.71. The quantitative estimate of drug-likeness (QED) is 0.597. The van der Waals surface area contributed by atoms with Gasteiger partial charge in [0.2, 0.25) is 0 Å². The molecule has 1 aliphatic heterocycles. The van der Waals surface area contributed by atoms with Crippen LogP contribution in [0.3, 0.4) is 0 Å². The van der Waals surface area contributed by atoms with Gasteiger partial charge in [-0.15, -0.1) is 0 Å². The normalized spacial score (nSPS) is 33.6. The molecule has 1 amide bonds. The largest absolute Gasteiger partial charge is 0.446 e. The van der Waals surface area contributed by atoms with E-state index in [0.29, 0.717) is 0 Å². The topological polar surface area (TPSA) is 29.5 Å². The summed E-state index contributed by atoms with van der Waals surface area (Å²) in [6.07, 6.45) is 3.36. The maximum absolute atomic E-state index is 11.2. The van der Waals surface area contributed by atoms with Crippen LogP contribution in [0.25, 0.3) is 0 Å². The lowest BCUT2D eigenvalue weighted by atomic mass is 9.84. The van der Waals surface area contributed by atoms with E-state index >= 15 is 0 Å². The van der Waals surface area contributed by atoms with Crippen molar-refractivity contribution >= 4 is 6.09 Å². The van der Waals surface area contributed by atoms with Crippen LogP contribution in [0.15, 0.2) is 0 Å². The van der Waals surface area contributed by atoms with Gasteiger partial charge in [-0.05, 0) is 25.2 Å². The second-order valence-corrected chi connectivity index (χ2v) is 3.92. The van der Waals surface area contributed by atoms with Gasteiger partial charge in [-0.1, -0.05) is 6.92 Å². The van der Waals surface area contributed by atoms with E-state index in [1.54, 1.807) is 4.90 Å². The van der Waals surface area contributed by atoms with Crippen molar-refractivity contribution in [2.75, 3.05) is 13.1 Å². The minimum atomic E-state index is -0.0989. The highest BCUT2D eigenvalue weighted by Crippen LogP contribution is 2.29. The van der Waals surface area contributed by atoms with Gasteiger partial charge in [0.1, 0.15) is 6.10 Å². The zero-order valence-electron chi connectivity index (χ0n) is 7.45. The third-order valence-corrected chi connectivity index (χ3v) is 2.71. The van der Waals surface area contributed by atoms with Crippen LogP contribution in [0.2, 0.25) is 0 Å². The lowest BCUT2D eigenvalue weighted by molar-refractivity contribution is -0.00547. The van der Waals surface area contributed by atoms with Gasteiger partial charge < -0.3 is 9.64 Å². The lowest BCUT2D eigenvalue weighted by Crippen LogP contribution is -2.45. The molecule has 2 rings (SSSR count). The fourth-order valence-electron chi connectivity index (χ4n) is 1.64. The van der Waals surface area contributed by atoms with Gasteiger partial charge in [0.25, 0.3) is 0 Å². The van der Waals surface area contributed by atoms with E-state index in [2.05, 4.69) is 6.92 Å². The molecule has 0 bridgehead atoms. The van der Waals surface area contributed by atoms with Crippen molar-refractivity contribution in [3.63, 3.8) is 0 Å². The molecule has 3 heteroatoms. The monoisotopic (exact) mass is 169 g/mol. The Hall–Kier alpha value is -0.730. The van der Waals surface area contributed by atoms with Crippen LogP contribution in [0, 0.1) is 5.92 Å². The summed E-state index contributed by atoms with van der Waals surface area (Å²) in [6, 6.07) is 0. The maximum atomic E-state index is 11.2. The third kappa shape index (κ3) is 1.40. The van der Waals surface area contributed by atoms with Crippen LogP contribution in [0.4, 0.5) is 4.79 Å². The summed E-state index contributed by atoms with van der Waals surface area (Å²) in [6.45, 7) is 3.97. The molecule has 0 N–H and O–H groups in total. The van der Waals surface area contributed by atoms with Gasteiger partial charge in [0.05, 0.1) is 0 Å². The minimum absolute atomic E-state index is 0.0989. The molecule has 0 spiro atoms. The van der Waals surface area contributed by atoms with Gasteiger partial charge in [-0.25, -0.2) is 4.79 Å². The number of hydrogen-bond donors (Lipinski definition) is 0. The highest BCUT2D eigenvalue weighted by Gasteiger charge is 2.31. The Morgan fingerprint density at radius 3 is 2.50 bits per heavy atom. The average molecular weight is 169 g/mol. The Morgan fingerprint density at radius 2 is 2.08 bits per heavy atom. The molecule has 1 saturated carbocycles. The average Bonchev–Trinajstić information content (AvgIpc) is 1.79. The van der Waals surface area contributed by atoms with Crippen molar-refractivity contribution in [1.29, 1.82) is 0 Å². The van der Waals surface area contributed by atoms with Crippen LogP contribution in [0.1, 0.15) is 26.2 Å². The second-order valence-electron chi connectivity index (χ2n) is 3.92. The second kappa shape index (κ2) is 2.96. The molecule has 0 unspecified atom stereocenters. The van der Waals surface area contributed by atoms with Crippen molar-refractivity contribution < 1.29 is 9.53 Å². The molecule has 0 aromatic rings. The minimum Gasteiger partial charge on any atom is -0.446 e. The molecular formula is C9H15NO2. The van der Waals surface area contributed by atoms with Crippen LogP contribution in [0.5, 0.6) is 0 Å². The predicted octanol–water partition coefficient (Wildman–Crippen LogP) is 1.63. The Balaban J connectivity index is 1.69. The molecule has 0 atom stereocenters. The predicted molar refractivity (Wildman–Crippen MR) is 44.9 cm³/mol. The number of carbonyl (C=O) groups excluding carboxylic acids is 1. The van der Waals surface area contributed by atoms with Crippen molar-refractivity contribution in [1.82, 2.24) is 4.90 Å². The number of rotatable bonds is 1. The van der Waals surface area contributed by atoms with E-state index in [4.69, 9.17) is 4.74 Å². The van der Waals surface area contributed by atoms with Crippen LogP contribution in [-0.4, -0.2) is 30.2 Å². The van der Waals surface area contributed by atoms with Crippen molar-refractivity contribution in [2.24, 2.45) is 5.92 Å². The molecule has 68 valence electrons. The Labute approximate surface area is 72.7 Å². The number of carbonyl (C=O) groups is 1. The van der Waals surface area contributed by atoms with E-state index in [1.807, 2.05) is 0 Å². The SMILES string of the molecule is CC1CC(OC(=O)N2CCC2)C1. The van der Waals surface area contributed by atoms with Gasteiger partial charge in [0.15, 0.2) is 0 Å². The van der Waals surface area contributed by atoms with Crippen molar-refractivity contribution in [3.8, 4) is 0 Å². The van der Waals surface area contributed by atoms with Crippen LogP contribution in [-0.2, 0) is 4.74 Å². The Morgan fingerprint density at radius 1 is 1.42 bits per heavy atom. The lowest BCUT2D eigenvalue weighted by Gasteiger charge is -2.36. The van der Waals surface area contributed by atoms with Gasteiger partial charge in [-0.3, -0.25) is 0 Å². The Bertz CT molecular complexity index is 183. The summed E-state index contributed by atoms with van der Waals surface area (Å²) in [5.41, 5.74) is 0. The summed E-state index contributed by atoms with van der Waals surface area (Å²) in [7, 11) is 0. The molecule has 1 heterocycles. The first-order chi connectivity index (χ1) is 5.75. The highest BCUT2D eigenvalue weighted by molar-refractivity contribution is 5.68. The summed E-state index contributed by atoms with van der Waals surface area (Å²) in [5, 5.41) is 0. The summed E-state index contributed by atoms with van der Waals surface area (Å²) >= 11 is 0. The molecule has 0 aromatic carbocycles. The summed E-state index contributed by atoms with van der Waals surface area (Å²) in [4.78, 5) is 13.0. The maximum Gasteiger partial charge on any atom is 0.410 e. The molecule has 0 radical (unpaired) electrons. The van der Waals surface area contributed by atoms with Gasteiger partial charge in [0, 0.05) is 13.1 Å². The van der Waals surface area contributed by atoms with E-state index in [-0.39, 0.29) is 12.2 Å². The van der Waals surface area contributed by atoms with Crippen LogP contribution >= 0.6 is 0 Å². The molecule has 2 aliphatic rings. The van der Waals surface area contributed by atoms with E-state index in [9.17, 15) is 4.79 Å². The molecular weight excluding hydrogens is 154 g/mol. The van der Waals surface area contributed by atoms with Gasteiger partial charge >= 0.3 is 6.09 Å². The number of amides is 1. The molecule has 2 fully saturated rings. The summed E-state index contributed by atoms with van der Waals surface area (Å²) < 4.78 is 5.25. The summed E-state index contributed by atoms with van der Waals surface area (Å²) in [5.74, 6) is 0.749. The van der Waals surface area contributed by atoms with Gasteiger partial charge in [-0.2, -0.15) is 0 Å². The zero-order valence-corrected chi connectivity index (χ0v) is 7.45. The number of hydrogen-bond acceptors (Lipinski definition) is 2. The zero-order chi connectivity index (χ0) is 8.55. The molecule has 1 aliphatic carbocycles. The van der Waals surface area contributed by atoms with E-state index in [0.717, 1.165) is 38.3 Å². The van der Waals surface area contributed by atoms with Crippen LogP contribution < -0.4 is 0 Å². The van der Waals surface area contributed by atoms with Crippen molar-refractivity contribution in [3.05, 3.63) is 0 Å². The van der Waals surface area contributed by atoms with E-state index < -0.39 is 0 Å². The molecule has 0 aromatic heterocycles. The molecule has 12 heavy (non-hydrogen) atoms. The first-order valence-electron chi connectivity index (χ1n) is 4.71. The highest BCUT2D eigenvalue weighted by atomic mass is 16.6. The number of nitrogens with zero attached hydrogens (tertiary/aromatic N) is 1. The fraction of sp³-hybridized carbons (Fsp3) is 0.889.